The van der Waals surface area contributed by atoms with Gasteiger partial charge in [0, 0.05) is 19.5 Å². The van der Waals surface area contributed by atoms with Gasteiger partial charge in [-0.15, -0.1) is 0 Å². The van der Waals surface area contributed by atoms with Crippen LogP contribution in [-0.4, -0.2) is 32.3 Å². The molecule has 1 N–H and O–H groups in total. The van der Waals surface area contributed by atoms with Gasteiger partial charge in [0.2, 0.25) is 15.9 Å². The van der Waals surface area contributed by atoms with E-state index in [2.05, 4.69) is 4.72 Å². The summed E-state index contributed by atoms with van der Waals surface area (Å²) in [7, 11) is -3.71. The third-order valence-corrected chi connectivity index (χ3v) is 6.32. The van der Waals surface area contributed by atoms with Gasteiger partial charge in [0.1, 0.15) is 0 Å². The molecule has 2 aromatic rings. The molecular weight excluding hydrogens is 348 g/mol. The summed E-state index contributed by atoms with van der Waals surface area (Å²) in [5.74, 6) is 0.0804. The Balaban J connectivity index is 1.91. The van der Waals surface area contributed by atoms with Crippen LogP contribution in [0.4, 0.5) is 0 Å². The van der Waals surface area contributed by atoms with Crippen LogP contribution >= 0.6 is 0 Å². The quantitative estimate of drug-likeness (QED) is 0.848. The molecule has 26 heavy (non-hydrogen) atoms. The number of hydrogen-bond acceptors (Lipinski definition) is 3. The van der Waals surface area contributed by atoms with E-state index in [1.807, 2.05) is 49.4 Å². The average Bonchev–Trinajstić information content (AvgIpc) is 3.02. The van der Waals surface area contributed by atoms with Gasteiger partial charge in [-0.05, 0) is 43.0 Å². The molecule has 2 aromatic carbocycles. The fourth-order valence-corrected chi connectivity index (χ4v) is 4.81. The molecule has 0 aliphatic carbocycles. The second kappa shape index (κ2) is 7.60. The molecule has 1 saturated heterocycles. The van der Waals surface area contributed by atoms with E-state index in [0.29, 0.717) is 25.1 Å². The topological polar surface area (TPSA) is 66.5 Å². The zero-order chi connectivity index (χ0) is 18.7. The summed E-state index contributed by atoms with van der Waals surface area (Å²) < 4.78 is 28.9. The normalized spacial score (nSPS) is 16.1. The van der Waals surface area contributed by atoms with E-state index in [-0.39, 0.29) is 10.8 Å². The molecule has 0 aromatic heterocycles. The molecule has 0 unspecified atom stereocenters. The molecular formula is C20H24N2O3S. The van der Waals surface area contributed by atoms with Crippen molar-refractivity contribution in [3.8, 4) is 0 Å². The Labute approximate surface area is 155 Å². The van der Waals surface area contributed by atoms with Crippen LogP contribution in [0.25, 0.3) is 0 Å². The minimum absolute atomic E-state index is 0.0804. The van der Waals surface area contributed by atoms with Crippen molar-refractivity contribution < 1.29 is 13.2 Å². The van der Waals surface area contributed by atoms with Crippen molar-refractivity contribution in [3.63, 3.8) is 0 Å². The largest absolute Gasteiger partial charge is 0.341 e. The lowest BCUT2D eigenvalue weighted by Gasteiger charge is -2.25. The van der Waals surface area contributed by atoms with E-state index in [4.69, 9.17) is 0 Å². The summed E-state index contributed by atoms with van der Waals surface area (Å²) in [6.07, 6.45) is 1.36. The highest BCUT2D eigenvalue weighted by molar-refractivity contribution is 7.89. The molecule has 1 aliphatic heterocycles. The van der Waals surface area contributed by atoms with Crippen molar-refractivity contribution in [3.05, 3.63) is 65.2 Å². The molecule has 0 saturated carbocycles. The van der Waals surface area contributed by atoms with Crippen LogP contribution in [-0.2, 0) is 14.8 Å². The van der Waals surface area contributed by atoms with E-state index >= 15 is 0 Å². The summed E-state index contributed by atoms with van der Waals surface area (Å²) in [6.45, 7) is 4.67. The van der Waals surface area contributed by atoms with Gasteiger partial charge in [0.15, 0.2) is 0 Å². The highest BCUT2D eigenvalue weighted by Gasteiger charge is 2.28. The number of amides is 1. The molecule has 3 rings (SSSR count). The first-order valence-electron chi connectivity index (χ1n) is 8.79. The minimum atomic E-state index is -3.71. The fraction of sp³-hybridized carbons (Fsp3) is 0.350. The maximum atomic E-state index is 13.0. The third kappa shape index (κ3) is 4.14. The number of rotatable bonds is 6. The maximum Gasteiger partial charge on any atom is 0.241 e. The van der Waals surface area contributed by atoms with Crippen LogP contribution in [0, 0.1) is 13.8 Å². The van der Waals surface area contributed by atoms with Crippen molar-refractivity contribution in [2.45, 2.75) is 37.6 Å². The van der Waals surface area contributed by atoms with Gasteiger partial charge >= 0.3 is 0 Å². The summed E-state index contributed by atoms with van der Waals surface area (Å²) in [5, 5.41) is 0. The lowest BCUT2D eigenvalue weighted by molar-refractivity contribution is -0.127. The first kappa shape index (κ1) is 18.6. The first-order valence-corrected chi connectivity index (χ1v) is 10.3. The van der Waals surface area contributed by atoms with Crippen molar-refractivity contribution in [1.29, 1.82) is 0 Å². The maximum absolute atomic E-state index is 13.0. The lowest BCUT2D eigenvalue weighted by Crippen LogP contribution is -2.38. The van der Waals surface area contributed by atoms with Crippen LogP contribution in [0.15, 0.2) is 53.4 Å². The number of carbonyl (C=O) groups excluding carboxylic acids is 1. The number of sulfonamides is 1. The Hall–Kier alpha value is -2.18. The lowest BCUT2D eigenvalue weighted by atomic mass is 10.1. The summed E-state index contributed by atoms with van der Waals surface area (Å²) in [4.78, 5) is 14.0. The number of likely N-dealkylation sites (tertiary alicyclic amines) is 1. The summed E-state index contributed by atoms with van der Waals surface area (Å²) in [6, 6.07) is 14.3. The van der Waals surface area contributed by atoms with Gasteiger partial charge in [-0.1, -0.05) is 42.5 Å². The van der Waals surface area contributed by atoms with E-state index in [1.165, 1.54) is 0 Å². The molecule has 1 heterocycles. The Morgan fingerprint density at radius 3 is 2.50 bits per heavy atom. The monoisotopic (exact) mass is 372 g/mol. The Bertz CT molecular complexity index is 895. The van der Waals surface area contributed by atoms with E-state index in [1.54, 1.807) is 17.9 Å². The van der Waals surface area contributed by atoms with E-state index in [0.717, 1.165) is 17.5 Å². The minimum Gasteiger partial charge on any atom is -0.341 e. The average molecular weight is 372 g/mol. The second-order valence-corrected chi connectivity index (χ2v) is 8.48. The van der Waals surface area contributed by atoms with Crippen LogP contribution in [0.5, 0.6) is 0 Å². The molecule has 1 aliphatic rings. The molecule has 0 bridgehead atoms. The smallest absolute Gasteiger partial charge is 0.241 e. The standard InChI is InChI=1S/C20H24N2O3S/c1-15-10-11-16(2)19(13-15)26(24,25)21-18(17-7-4-3-5-8-17)14-22-12-6-9-20(22)23/h3-5,7-8,10-11,13,18,21H,6,9,12,14H2,1-2H3/t18-/m0/s1. The Morgan fingerprint density at radius 2 is 1.85 bits per heavy atom. The highest BCUT2D eigenvalue weighted by Crippen LogP contribution is 2.23. The second-order valence-electron chi connectivity index (χ2n) is 6.80. The van der Waals surface area contributed by atoms with Crippen molar-refractivity contribution >= 4 is 15.9 Å². The third-order valence-electron chi connectivity index (χ3n) is 4.71. The fourth-order valence-electron chi connectivity index (χ4n) is 3.26. The van der Waals surface area contributed by atoms with E-state index < -0.39 is 16.1 Å². The molecule has 5 nitrogen and oxygen atoms in total. The highest BCUT2D eigenvalue weighted by atomic mass is 32.2. The van der Waals surface area contributed by atoms with Gasteiger partial charge in [0.25, 0.3) is 0 Å². The molecule has 1 fully saturated rings. The van der Waals surface area contributed by atoms with Gasteiger partial charge in [0.05, 0.1) is 10.9 Å². The summed E-state index contributed by atoms with van der Waals surface area (Å²) >= 11 is 0. The first-order chi connectivity index (χ1) is 12.4. The van der Waals surface area contributed by atoms with E-state index in [9.17, 15) is 13.2 Å². The number of carbonyl (C=O) groups is 1. The molecule has 1 amide bonds. The van der Waals surface area contributed by atoms with Crippen molar-refractivity contribution in [2.24, 2.45) is 0 Å². The molecule has 138 valence electrons. The molecule has 6 heteroatoms. The predicted molar refractivity (Wildman–Crippen MR) is 101 cm³/mol. The van der Waals surface area contributed by atoms with Crippen LogP contribution in [0.3, 0.4) is 0 Å². The van der Waals surface area contributed by atoms with Crippen LogP contribution < -0.4 is 4.72 Å². The van der Waals surface area contributed by atoms with Crippen molar-refractivity contribution in [1.82, 2.24) is 9.62 Å². The molecule has 1 atom stereocenters. The number of hydrogen-bond donors (Lipinski definition) is 1. The van der Waals surface area contributed by atoms with Gasteiger partial charge < -0.3 is 4.90 Å². The summed E-state index contributed by atoms with van der Waals surface area (Å²) in [5.41, 5.74) is 2.44. The SMILES string of the molecule is Cc1ccc(C)c(S(=O)(=O)N[C@@H](CN2CCCC2=O)c2ccccc2)c1. The van der Waals surface area contributed by atoms with Crippen LogP contribution in [0.1, 0.15) is 35.6 Å². The zero-order valence-electron chi connectivity index (χ0n) is 15.1. The number of nitrogens with zero attached hydrogens (tertiary/aromatic N) is 1. The number of nitrogens with one attached hydrogen (secondary N) is 1. The molecule has 0 spiro atoms. The predicted octanol–water partition coefficient (Wildman–Crippen LogP) is 2.95. The molecule has 0 radical (unpaired) electrons. The number of aryl methyl sites for hydroxylation is 2. The zero-order valence-corrected chi connectivity index (χ0v) is 15.9. The van der Waals surface area contributed by atoms with Crippen molar-refractivity contribution in [2.75, 3.05) is 13.1 Å². The van der Waals surface area contributed by atoms with Gasteiger partial charge in [-0.2, -0.15) is 0 Å². The Kier molecular flexibility index (Phi) is 5.44. The van der Waals surface area contributed by atoms with Gasteiger partial charge in [-0.3, -0.25) is 4.79 Å². The van der Waals surface area contributed by atoms with Gasteiger partial charge in [-0.25, -0.2) is 13.1 Å². The number of benzene rings is 2. The van der Waals surface area contributed by atoms with Crippen LogP contribution in [0.2, 0.25) is 0 Å². The Morgan fingerprint density at radius 1 is 1.12 bits per heavy atom.